The Morgan fingerprint density at radius 3 is 2.80 bits per heavy atom. The molecule has 1 aromatic carbocycles. The van der Waals surface area contributed by atoms with Gasteiger partial charge in [-0.2, -0.15) is 5.10 Å². The van der Waals surface area contributed by atoms with Crippen LogP contribution in [0.25, 0.3) is 0 Å². The molecule has 3 nitrogen and oxygen atoms in total. The zero-order valence-corrected chi connectivity index (χ0v) is 13.9. The van der Waals surface area contributed by atoms with Gasteiger partial charge in [0.1, 0.15) is 0 Å². The molecule has 0 aliphatic carbocycles. The number of benzene rings is 1. The molecule has 108 valence electrons. The van der Waals surface area contributed by atoms with Crippen LogP contribution in [0.1, 0.15) is 49.2 Å². The molecule has 2 N–H and O–H groups in total. The molecule has 4 heteroatoms. The van der Waals surface area contributed by atoms with E-state index in [0.717, 1.165) is 28.6 Å². The van der Waals surface area contributed by atoms with Crippen LogP contribution in [0.15, 0.2) is 34.9 Å². The van der Waals surface area contributed by atoms with Gasteiger partial charge in [-0.3, -0.25) is 4.68 Å². The van der Waals surface area contributed by atoms with E-state index in [0.29, 0.717) is 6.04 Å². The van der Waals surface area contributed by atoms with Gasteiger partial charge in [0, 0.05) is 29.2 Å². The highest BCUT2D eigenvalue weighted by molar-refractivity contribution is 9.10. The van der Waals surface area contributed by atoms with Crippen molar-refractivity contribution in [2.75, 3.05) is 0 Å². The molecule has 0 spiro atoms. The molecule has 0 fully saturated rings. The van der Waals surface area contributed by atoms with E-state index in [2.05, 4.69) is 60.0 Å². The van der Waals surface area contributed by atoms with E-state index >= 15 is 0 Å². The molecule has 0 saturated heterocycles. The monoisotopic (exact) mass is 335 g/mol. The van der Waals surface area contributed by atoms with Gasteiger partial charge in [0.25, 0.3) is 0 Å². The third-order valence-corrected chi connectivity index (χ3v) is 4.84. The first kappa shape index (κ1) is 15.3. The van der Waals surface area contributed by atoms with Gasteiger partial charge in [0.15, 0.2) is 0 Å². The fraction of sp³-hybridized carbons (Fsp3) is 0.438. The molecular formula is C16H22BrN3. The predicted octanol–water partition coefficient (Wildman–Crippen LogP) is 4.17. The summed E-state index contributed by atoms with van der Waals surface area (Å²) >= 11 is 3.63. The van der Waals surface area contributed by atoms with Crippen molar-refractivity contribution in [2.45, 2.75) is 45.7 Å². The Kier molecular flexibility index (Phi) is 5.00. The van der Waals surface area contributed by atoms with Crippen molar-refractivity contribution >= 4 is 15.9 Å². The van der Waals surface area contributed by atoms with Gasteiger partial charge in [-0.15, -0.1) is 0 Å². The molecule has 0 amide bonds. The highest BCUT2D eigenvalue weighted by Crippen LogP contribution is 2.27. The summed E-state index contributed by atoms with van der Waals surface area (Å²) in [7, 11) is 0. The number of halogens is 1. The number of aryl methyl sites for hydroxylation is 1. The molecule has 2 aromatic rings. The van der Waals surface area contributed by atoms with Crippen LogP contribution in [0.2, 0.25) is 0 Å². The second kappa shape index (κ2) is 6.55. The first-order chi connectivity index (χ1) is 9.52. The Bertz CT molecular complexity index is 577. The Labute approximate surface area is 129 Å². The third kappa shape index (κ3) is 3.30. The number of hydrogen-bond donors (Lipinski definition) is 1. The lowest BCUT2D eigenvalue weighted by atomic mass is 10.0. The summed E-state index contributed by atoms with van der Waals surface area (Å²) in [5.74, 6) is 0. The molecule has 0 bridgehead atoms. The second-order valence-electron chi connectivity index (χ2n) is 5.33. The lowest BCUT2D eigenvalue weighted by molar-refractivity contribution is 0.472. The van der Waals surface area contributed by atoms with E-state index in [-0.39, 0.29) is 6.04 Å². The minimum Gasteiger partial charge on any atom is -0.324 e. The summed E-state index contributed by atoms with van der Waals surface area (Å²) in [6.07, 6.45) is 3.88. The maximum Gasteiger partial charge on any atom is 0.0643 e. The van der Waals surface area contributed by atoms with Crippen LogP contribution in [0, 0.1) is 6.92 Å². The Hall–Kier alpha value is -1.13. The smallest absolute Gasteiger partial charge is 0.0643 e. The summed E-state index contributed by atoms with van der Waals surface area (Å²) in [5.41, 5.74) is 9.74. The maximum atomic E-state index is 6.34. The molecule has 2 atom stereocenters. The molecule has 20 heavy (non-hydrogen) atoms. The van der Waals surface area contributed by atoms with Crippen LogP contribution >= 0.6 is 15.9 Å². The van der Waals surface area contributed by atoms with Crippen molar-refractivity contribution in [3.05, 3.63) is 51.8 Å². The van der Waals surface area contributed by atoms with Gasteiger partial charge in [-0.05, 0) is 37.5 Å². The standard InChI is InChI=1S/C16H22BrN3/c1-4-12(3)20-9-8-13(19-20)10-15(18)14-7-5-6-11(2)16(14)17/h5-9,12,15H,4,10,18H2,1-3H3. The van der Waals surface area contributed by atoms with Crippen molar-refractivity contribution < 1.29 is 0 Å². The fourth-order valence-corrected chi connectivity index (χ4v) is 2.77. The van der Waals surface area contributed by atoms with E-state index in [1.54, 1.807) is 0 Å². The van der Waals surface area contributed by atoms with Crippen LogP contribution in [-0.2, 0) is 6.42 Å². The van der Waals surface area contributed by atoms with Gasteiger partial charge in [0.2, 0.25) is 0 Å². The lowest BCUT2D eigenvalue weighted by Crippen LogP contribution is -2.15. The first-order valence-corrected chi connectivity index (χ1v) is 7.86. The zero-order chi connectivity index (χ0) is 14.7. The number of rotatable bonds is 5. The molecule has 0 aliphatic heterocycles. The molecule has 2 unspecified atom stereocenters. The summed E-state index contributed by atoms with van der Waals surface area (Å²) in [5, 5.41) is 4.62. The third-order valence-electron chi connectivity index (χ3n) is 3.76. The topological polar surface area (TPSA) is 43.8 Å². The molecule has 0 saturated carbocycles. The van der Waals surface area contributed by atoms with Crippen molar-refractivity contribution in [3.63, 3.8) is 0 Å². The van der Waals surface area contributed by atoms with Crippen molar-refractivity contribution in [1.29, 1.82) is 0 Å². The average Bonchev–Trinajstić information content (AvgIpc) is 2.89. The molecule has 1 heterocycles. The minimum absolute atomic E-state index is 0.0374. The van der Waals surface area contributed by atoms with Crippen LogP contribution < -0.4 is 5.73 Å². The summed E-state index contributed by atoms with van der Waals surface area (Å²) in [4.78, 5) is 0. The minimum atomic E-state index is -0.0374. The Morgan fingerprint density at radius 2 is 2.10 bits per heavy atom. The number of hydrogen-bond acceptors (Lipinski definition) is 2. The van der Waals surface area contributed by atoms with Crippen LogP contribution in [-0.4, -0.2) is 9.78 Å². The van der Waals surface area contributed by atoms with Gasteiger partial charge < -0.3 is 5.73 Å². The van der Waals surface area contributed by atoms with Gasteiger partial charge in [-0.1, -0.05) is 41.1 Å². The highest BCUT2D eigenvalue weighted by atomic mass is 79.9. The molecule has 2 rings (SSSR count). The van der Waals surface area contributed by atoms with Crippen LogP contribution in [0.4, 0.5) is 0 Å². The SMILES string of the molecule is CCC(C)n1ccc(CC(N)c2cccc(C)c2Br)n1. The van der Waals surface area contributed by atoms with E-state index in [1.165, 1.54) is 5.56 Å². The first-order valence-electron chi connectivity index (χ1n) is 7.07. The van der Waals surface area contributed by atoms with E-state index in [4.69, 9.17) is 5.73 Å². The van der Waals surface area contributed by atoms with Gasteiger partial charge in [-0.25, -0.2) is 0 Å². The predicted molar refractivity (Wildman–Crippen MR) is 86.7 cm³/mol. The number of nitrogens with zero attached hydrogens (tertiary/aromatic N) is 2. The summed E-state index contributed by atoms with van der Waals surface area (Å²) in [6.45, 7) is 6.42. The lowest BCUT2D eigenvalue weighted by Gasteiger charge is -2.14. The fourth-order valence-electron chi connectivity index (χ4n) is 2.21. The van der Waals surface area contributed by atoms with E-state index < -0.39 is 0 Å². The maximum absolute atomic E-state index is 6.34. The summed E-state index contributed by atoms with van der Waals surface area (Å²) < 4.78 is 3.13. The van der Waals surface area contributed by atoms with Crippen molar-refractivity contribution in [2.24, 2.45) is 5.73 Å². The van der Waals surface area contributed by atoms with E-state index in [1.807, 2.05) is 16.9 Å². The highest BCUT2D eigenvalue weighted by Gasteiger charge is 2.14. The molecule has 0 aliphatic rings. The Morgan fingerprint density at radius 1 is 1.35 bits per heavy atom. The number of aromatic nitrogens is 2. The van der Waals surface area contributed by atoms with Crippen LogP contribution in [0.5, 0.6) is 0 Å². The summed E-state index contributed by atoms with van der Waals surface area (Å²) in [6, 6.07) is 8.67. The van der Waals surface area contributed by atoms with Crippen molar-refractivity contribution in [1.82, 2.24) is 9.78 Å². The zero-order valence-electron chi connectivity index (χ0n) is 12.3. The quantitative estimate of drug-likeness (QED) is 0.891. The molecule has 0 radical (unpaired) electrons. The average molecular weight is 336 g/mol. The van der Waals surface area contributed by atoms with Gasteiger partial charge >= 0.3 is 0 Å². The van der Waals surface area contributed by atoms with Crippen molar-refractivity contribution in [3.8, 4) is 0 Å². The normalized spacial score (nSPS) is 14.2. The largest absolute Gasteiger partial charge is 0.324 e. The molecular weight excluding hydrogens is 314 g/mol. The molecule has 1 aromatic heterocycles. The second-order valence-corrected chi connectivity index (χ2v) is 6.13. The van der Waals surface area contributed by atoms with E-state index in [9.17, 15) is 0 Å². The number of nitrogens with two attached hydrogens (primary N) is 1. The van der Waals surface area contributed by atoms with Gasteiger partial charge in [0.05, 0.1) is 5.69 Å². The Balaban J connectivity index is 2.13. The van der Waals surface area contributed by atoms with Crippen LogP contribution in [0.3, 0.4) is 0 Å².